The molecule has 1 fully saturated rings. The lowest BCUT2D eigenvalue weighted by Crippen LogP contribution is -2.60. The molecule has 1 aliphatic heterocycles. The minimum Gasteiger partial charge on any atom is -0.346 e. The standard InChI is InChI=1S/C19H17N5O2/c25-18(15-7-4-8-17(11-15)24-10-9-20-22-24)21-16-12-23(13-16)19(26)14-5-2-1-3-6-14/h1-11,16H,12-13H2,(H,21,25). The van der Waals surface area contributed by atoms with Crippen LogP contribution in [0.3, 0.4) is 0 Å². The van der Waals surface area contributed by atoms with Gasteiger partial charge in [0.05, 0.1) is 24.1 Å². The molecule has 1 saturated heterocycles. The van der Waals surface area contributed by atoms with Crippen molar-refractivity contribution in [1.29, 1.82) is 0 Å². The Hall–Kier alpha value is -3.48. The third-order valence-corrected chi connectivity index (χ3v) is 4.32. The van der Waals surface area contributed by atoms with Gasteiger partial charge in [-0.15, -0.1) is 5.10 Å². The Morgan fingerprint density at radius 2 is 1.77 bits per heavy atom. The molecule has 0 unspecified atom stereocenters. The van der Waals surface area contributed by atoms with Crippen molar-refractivity contribution in [3.8, 4) is 5.69 Å². The summed E-state index contributed by atoms with van der Waals surface area (Å²) in [4.78, 5) is 26.5. The molecule has 0 aliphatic carbocycles. The maximum atomic E-state index is 12.5. The summed E-state index contributed by atoms with van der Waals surface area (Å²) in [5.41, 5.74) is 1.98. The normalized spacial score (nSPS) is 13.9. The average Bonchev–Trinajstić information content (AvgIpc) is 3.19. The smallest absolute Gasteiger partial charge is 0.253 e. The molecular weight excluding hydrogens is 330 g/mol. The fraction of sp³-hybridized carbons (Fsp3) is 0.158. The molecule has 0 radical (unpaired) electrons. The molecule has 26 heavy (non-hydrogen) atoms. The van der Waals surface area contributed by atoms with Gasteiger partial charge in [-0.3, -0.25) is 9.59 Å². The molecule has 2 aromatic carbocycles. The topological polar surface area (TPSA) is 80.1 Å². The molecule has 130 valence electrons. The first-order valence-electron chi connectivity index (χ1n) is 8.32. The van der Waals surface area contributed by atoms with Crippen molar-refractivity contribution in [2.24, 2.45) is 0 Å². The third-order valence-electron chi connectivity index (χ3n) is 4.32. The number of amides is 2. The Morgan fingerprint density at radius 1 is 1.00 bits per heavy atom. The minimum atomic E-state index is -0.163. The Balaban J connectivity index is 1.35. The van der Waals surface area contributed by atoms with Gasteiger partial charge in [-0.25, -0.2) is 4.68 Å². The number of hydrogen-bond acceptors (Lipinski definition) is 4. The summed E-state index contributed by atoms with van der Waals surface area (Å²) in [5, 5.41) is 10.7. The Labute approximate surface area is 150 Å². The predicted octanol–water partition coefficient (Wildman–Crippen LogP) is 1.52. The monoisotopic (exact) mass is 347 g/mol. The van der Waals surface area contributed by atoms with Crippen LogP contribution in [0.4, 0.5) is 0 Å². The highest BCUT2D eigenvalue weighted by Gasteiger charge is 2.32. The highest BCUT2D eigenvalue weighted by Crippen LogP contribution is 2.15. The summed E-state index contributed by atoms with van der Waals surface area (Å²) < 4.78 is 1.60. The van der Waals surface area contributed by atoms with E-state index < -0.39 is 0 Å². The largest absolute Gasteiger partial charge is 0.346 e. The van der Waals surface area contributed by atoms with Gasteiger partial charge in [0.15, 0.2) is 0 Å². The van der Waals surface area contributed by atoms with E-state index in [1.54, 1.807) is 52.3 Å². The van der Waals surface area contributed by atoms with Crippen LogP contribution in [-0.2, 0) is 0 Å². The molecule has 0 saturated carbocycles. The van der Waals surface area contributed by atoms with Crippen molar-refractivity contribution >= 4 is 11.8 Å². The van der Waals surface area contributed by atoms with Crippen LogP contribution in [0.15, 0.2) is 67.0 Å². The first-order chi connectivity index (χ1) is 12.7. The van der Waals surface area contributed by atoms with E-state index in [-0.39, 0.29) is 17.9 Å². The van der Waals surface area contributed by atoms with Gasteiger partial charge in [0, 0.05) is 24.2 Å². The van der Waals surface area contributed by atoms with E-state index in [1.165, 1.54) is 0 Å². The second-order valence-corrected chi connectivity index (χ2v) is 6.14. The lowest BCUT2D eigenvalue weighted by molar-refractivity contribution is 0.0542. The van der Waals surface area contributed by atoms with Crippen molar-refractivity contribution in [2.75, 3.05) is 13.1 Å². The van der Waals surface area contributed by atoms with Crippen molar-refractivity contribution < 1.29 is 9.59 Å². The predicted molar refractivity (Wildman–Crippen MR) is 95.0 cm³/mol. The molecule has 3 aromatic rings. The van der Waals surface area contributed by atoms with Gasteiger partial charge in [0.25, 0.3) is 11.8 Å². The quantitative estimate of drug-likeness (QED) is 0.776. The first kappa shape index (κ1) is 16.0. The number of carbonyl (C=O) groups is 2. The molecule has 0 atom stereocenters. The summed E-state index contributed by atoms with van der Waals surface area (Å²) in [7, 11) is 0. The molecule has 7 nitrogen and oxygen atoms in total. The number of nitrogens with one attached hydrogen (secondary N) is 1. The molecule has 1 N–H and O–H groups in total. The highest BCUT2D eigenvalue weighted by molar-refractivity contribution is 5.96. The molecule has 2 heterocycles. The van der Waals surface area contributed by atoms with E-state index in [4.69, 9.17) is 0 Å². The van der Waals surface area contributed by atoms with Crippen molar-refractivity contribution in [3.63, 3.8) is 0 Å². The van der Waals surface area contributed by atoms with Crippen molar-refractivity contribution in [2.45, 2.75) is 6.04 Å². The van der Waals surface area contributed by atoms with Gasteiger partial charge in [0.2, 0.25) is 0 Å². The zero-order valence-electron chi connectivity index (χ0n) is 13.9. The summed E-state index contributed by atoms with van der Waals surface area (Å²) in [6.45, 7) is 1.03. The fourth-order valence-corrected chi connectivity index (χ4v) is 2.90. The fourth-order valence-electron chi connectivity index (χ4n) is 2.90. The van der Waals surface area contributed by atoms with Crippen LogP contribution >= 0.6 is 0 Å². The van der Waals surface area contributed by atoms with Gasteiger partial charge < -0.3 is 10.2 Å². The van der Waals surface area contributed by atoms with E-state index in [0.29, 0.717) is 24.2 Å². The molecule has 0 spiro atoms. The Kier molecular flexibility index (Phi) is 4.18. The van der Waals surface area contributed by atoms with E-state index in [1.807, 2.05) is 24.3 Å². The van der Waals surface area contributed by atoms with Crippen molar-refractivity contribution in [3.05, 3.63) is 78.1 Å². The molecule has 2 amide bonds. The third kappa shape index (κ3) is 3.19. The lowest BCUT2D eigenvalue weighted by Gasteiger charge is -2.39. The maximum Gasteiger partial charge on any atom is 0.253 e. The number of nitrogens with zero attached hydrogens (tertiary/aromatic N) is 4. The van der Waals surface area contributed by atoms with Crippen LogP contribution in [-0.4, -0.2) is 50.8 Å². The zero-order chi connectivity index (χ0) is 17.9. The molecular formula is C19H17N5O2. The lowest BCUT2D eigenvalue weighted by atomic mass is 10.1. The number of aromatic nitrogens is 3. The SMILES string of the molecule is O=C(NC1CN(C(=O)c2ccccc2)C1)c1cccc(-n2ccnn2)c1. The Morgan fingerprint density at radius 3 is 2.50 bits per heavy atom. The number of likely N-dealkylation sites (tertiary alicyclic amines) is 1. The molecule has 7 heteroatoms. The van der Waals surface area contributed by atoms with Crippen LogP contribution in [0.2, 0.25) is 0 Å². The molecule has 0 bridgehead atoms. The van der Waals surface area contributed by atoms with E-state index in [2.05, 4.69) is 15.6 Å². The maximum absolute atomic E-state index is 12.5. The van der Waals surface area contributed by atoms with Gasteiger partial charge in [-0.1, -0.05) is 29.5 Å². The first-order valence-corrected chi connectivity index (χ1v) is 8.32. The number of carbonyl (C=O) groups excluding carboxylic acids is 2. The van der Waals surface area contributed by atoms with Crippen LogP contribution < -0.4 is 5.32 Å². The zero-order valence-corrected chi connectivity index (χ0v) is 13.9. The average molecular weight is 347 g/mol. The van der Waals surface area contributed by atoms with Gasteiger partial charge in [-0.2, -0.15) is 0 Å². The summed E-state index contributed by atoms with van der Waals surface area (Å²) in [6, 6.07) is 16.3. The van der Waals surface area contributed by atoms with E-state index in [0.717, 1.165) is 5.69 Å². The van der Waals surface area contributed by atoms with E-state index in [9.17, 15) is 9.59 Å². The summed E-state index contributed by atoms with van der Waals surface area (Å²) >= 11 is 0. The molecule has 4 rings (SSSR count). The summed E-state index contributed by atoms with van der Waals surface area (Å²) in [5.74, 6) is -0.173. The second-order valence-electron chi connectivity index (χ2n) is 6.14. The van der Waals surface area contributed by atoms with Crippen LogP contribution in [0, 0.1) is 0 Å². The van der Waals surface area contributed by atoms with Crippen LogP contribution in [0.5, 0.6) is 0 Å². The second kappa shape index (κ2) is 6.79. The van der Waals surface area contributed by atoms with E-state index >= 15 is 0 Å². The van der Waals surface area contributed by atoms with Gasteiger partial charge in [0.1, 0.15) is 0 Å². The number of hydrogen-bond donors (Lipinski definition) is 1. The Bertz CT molecular complexity index is 918. The summed E-state index contributed by atoms with van der Waals surface area (Å²) in [6.07, 6.45) is 3.30. The van der Waals surface area contributed by atoms with Crippen LogP contribution in [0.1, 0.15) is 20.7 Å². The minimum absolute atomic E-state index is 0.00993. The number of rotatable bonds is 4. The van der Waals surface area contributed by atoms with Gasteiger partial charge in [-0.05, 0) is 30.3 Å². The van der Waals surface area contributed by atoms with Crippen molar-refractivity contribution in [1.82, 2.24) is 25.2 Å². The molecule has 1 aromatic heterocycles. The van der Waals surface area contributed by atoms with Crippen LogP contribution in [0.25, 0.3) is 5.69 Å². The van der Waals surface area contributed by atoms with Gasteiger partial charge >= 0.3 is 0 Å². The molecule has 1 aliphatic rings. The number of benzene rings is 2. The highest BCUT2D eigenvalue weighted by atomic mass is 16.2.